The molecule has 1 aliphatic rings. The lowest BCUT2D eigenvalue weighted by molar-refractivity contribution is 0.185. The average Bonchev–Trinajstić information content (AvgIpc) is 2.42. The number of benzene rings is 1. The maximum atomic E-state index is 9.71. The summed E-state index contributed by atoms with van der Waals surface area (Å²) in [4.78, 5) is 2.44. The zero-order chi connectivity index (χ0) is 13.0. The molecule has 0 spiro atoms. The molecule has 1 saturated heterocycles. The van der Waals surface area contributed by atoms with Gasteiger partial charge in [0.05, 0.1) is 6.61 Å². The van der Waals surface area contributed by atoms with E-state index in [1.165, 1.54) is 5.56 Å². The van der Waals surface area contributed by atoms with Crippen LogP contribution in [0.25, 0.3) is 0 Å². The molecule has 1 atom stereocenters. The Morgan fingerprint density at radius 1 is 1.30 bits per heavy atom. The molecule has 6 heteroatoms. The monoisotopic (exact) mass is 322 g/mol. The summed E-state index contributed by atoms with van der Waals surface area (Å²) in [6, 6.07) is 6.00. The van der Waals surface area contributed by atoms with Crippen LogP contribution in [0.5, 0.6) is 11.5 Å². The molecule has 1 aromatic rings. The molecule has 1 aromatic carbocycles. The summed E-state index contributed by atoms with van der Waals surface area (Å²) < 4.78 is 5.43. The SMILES string of the molecule is CCOc1cc([C@H](C)N2CCNCC2)ccc1O.Cl.Cl. The molecule has 1 aliphatic heterocycles. The molecule has 0 unspecified atom stereocenters. The third kappa shape index (κ3) is 4.70. The van der Waals surface area contributed by atoms with Crippen LogP contribution in [0.1, 0.15) is 25.5 Å². The van der Waals surface area contributed by atoms with Crippen LogP contribution < -0.4 is 10.1 Å². The van der Waals surface area contributed by atoms with Crippen LogP contribution >= 0.6 is 24.8 Å². The Bertz CT molecular complexity index is 399. The van der Waals surface area contributed by atoms with E-state index in [1.54, 1.807) is 6.07 Å². The molecule has 20 heavy (non-hydrogen) atoms. The maximum absolute atomic E-state index is 9.71. The zero-order valence-corrected chi connectivity index (χ0v) is 13.6. The minimum Gasteiger partial charge on any atom is -0.504 e. The first-order chi connectivity index (χ1) is 8.72. The van der Waals surface area contributed by atoms with Crippen molar-refractivity contribution >= 4 is 24.8 Å². The molecule has 0 amide bonds. The predicted molar refractivity (Wildman–Crippen MR) is 86.6 cm³/mol. The van der Waals surface area contributed by atoms with Crippen LogP contribution in [0.15, 0.2) is 18.2 Å². The molecule has 2 rings (SSSR count). The average molecular weight is 323 g/mol. The molecule has 0 aromatic heterocycles. The first-order valence-corrected chi connectivity index (χ1v) is 6.63. The molecule has 0 saturated carbocycles. The van der Waals surface area contributed by atoms with Gasteiger partial charge >= 0.3 is 0 Å². The van der Waals surface area contributed by atoms with Crippen LogP contribution in [0, 0.1) is 0 Å². The van der Waals surface area contributed by atoms with Crippen molar-refractivity contribution in [3.8, 4) is 11.5 Å². The van der Waals surface area contributed by atoms with Gasteiger partial charge in [-0.25, -0.2) is 0 Å². The molecule has 116 valence electrons. The Balaban J connectivity index is 0.00000180. The second kappa shape index (κ2) is 9.29. The summed E-state index contributed by atoms with van der Waals surface area (Å²) in [5, 5.41) is 13.1. The van der Waals surface area contributed by atoms with Gasteiger partial charge in [-0.05, 0) is 31.5 Å². The molecule has 4 nitrogen and oxygen atoms in total. The Hall–Kier alpha value is -0.680. The number of rotatable bonds is 4. The number of hydrogen-bond acceptors (Lipinski definition) is 4. The maximum Gasteiger partial charge on any atom is 0.161 e. The van der Waals surface area contributed by atoms with Crippen LogP contribution in [-0.2, 0) is 0 Å². The number of phenolic OH excluding ortho intramolecular Hbond substituents is 1. The molecule has 1 heterocycles. The normalized spacial score (nSPS) is 16.7. The topological polar surface area (TPSA) is 44.7 Å². The highest BCUT2D eigenvalue weighted by molar-refractivity contribution is 5.85. The Morgan fingerprint density at radius 3 is 2.55 bits per heavy atom. The van der Waals surface area contributed by atoms with E-state index >= 15 is 0 Å². The number of phenols is 1. The highest BCUT2D eigenvalue weighted by Gasteiger charge is 2.18. The van der Waals surface area contributed by atoms with E-state index in [0.717, 1.165) is 26.2 Å². The van der Waals surface area contributed by atoms with Crippen LogP contribution in [0.4, 0.5) is 0 Å². The Labute approximate surface area is 133 Å². The van der Waals surface area contributed by atoms with Gasteiger partial charge in [-0.1, -0.05) is 6.07 Å². The van der Waals surface area contributed by atoms with E-state index in [4.69, 9.17) is 4.74 Å². The van der Waals surface area contributed by atoms with E-state index in [-0.39, 0.29) is 30.6 Å². The Morgan fingerprint density at radius 2 is 1.95 bits per heavy atom. The van der Waals surface area contributed by atoms with Crippen molar-refractivity contribution < 1.29 is 9.84 Å². The van der Waals surface area contributed by atoms with Gasteiger partial charge in [0.2, 0.25) is 0 Å². The van der Waals surface area contributed by atoms with E-state index in [1.807, 2.05) is 19.1 Å². The lowest BCUT2D eigenvalue weighted by atomic mass is 10.1. The number of halogens is 2. The lowest BCUT2D eigenvalue weighted by Gasteiger charge is -2.33. The summed E-state index contributed by atoms with van der Waals surface area (Å²) in [6.45, 7) is 8.90. The number of nitrogens with one attached hydrogen (secondary N) is 1. The molecule has 0 aliphatic carbocycles. The second-order valence-corrected chi connectivity index (χ2v) is 4.62. The largest absolute Gasteiger partial charge is 0.504 e. The van der Waals surface area contributed by atoms with Gasteiger partial charge in [0.25, 0.3) is 0 Å². The zero-order valence-electron chi connectivity index (χ0n) is 12.0. The van der Waals surface area contributed by atoms with Crippen LogP contribution in [-0.4, -0.2) is 42.8 Å². The molecule has 1 fully saturated rings. The van der Waals surface area contributed by atoms with Gasteiger partial charge < -0.3 is 15.2 Å². The summed E-state index contributed by atoms with van der Waals surface area (Å²) in [6.07, 6.45) is 0. The van der Waals surface area contributed by atoms with E-state index in [9.17, 15) is 5.11 Å². The number of ether oxygens (including phenoxy) is 1. The summed E-state index contributed by atoms with van der Waals surface area (Å²) in [7, 11) is 0. The minimum atomic E-state index is 0. The predicted octanol–water partition coefficient (Wildman–Crippen LogP) is 2.60. The standard InChI is InChI=1S/C14H22N2O2.2ClH/c1-3-18-14-10-12(4-5-13(14)17)11(2)16-8-6-15-7-9-16;;/h4-5,10-11,15,17H,3,6-9H2,1-2H3;2*1H/t11-;;/m0../s1. The van der Waals surface area contributed by atoms with Crippen molar-refractivity contribution in [2.45, 2.75) is 19.9 Å². The van der Waals surface area contributed by atoms with Crippen molar-refractivity contribution in [3.63, 3.8) is 0 Å². The smallest absolute Gasteiger partial charge is 0.161 e. The van der Waals surface area contributed by atoms with E-state index < -0.39 is 0 Å². The third-order valence-corrected chi connectivity index (χ3v) is 3.47. The number of piperazine rings is 1. The fourth-order valence-electron chi connectivity index (χ4n) is 2.34. The number of hydrogen-bond donors (Lipinski definition) is 2. The second-order valence-electron chi connectivity index (χ2n) is 4.62. The number of nitrogens with zero attached hydrogens (tertiary/aromatic N) is 1. The fourth-order valence-corrected chi connectivity index (χ4v) is 2.34. The van der Waals surface area contributed by atoms with Crippen molar-refractivity contribution in [1.82, 2.24) is 10.2 Å². The summed E-state index contributed by atoms with van der Waals surface area (Å²) in [5.74, 6) is 0.796. The minimum absolute atomic E-state index is 0. The van der Waals surface area contributed by atoms with Crippen LogP contribution in [0.2, 0.25) is 0 Å². The first kappa shape index (κ1) is 19.3. The quantitative estimate of drug-likeness (QED) is 0.894. The van der Waals surface area contributed by atoms with Crippen molar-refractivity contribution in [3.05, 3.63) is 23.8 Å². The van der Waals surface area contributed by atoms with E-state index in [2.05, 4.69) is 17.1 Å². The van der Waals surface area contributed by atoms with Crippen LogP contribution in [0.3, 0.4) is 0 Å². The first-order valence-electron chi connectivity index (χ1n) is 6.63. The van der Waals surface area contributed by atoms with Gasteiger partial charge in [-0.3, -0.25) is 4.90 Å². The van der Waals surface area contributed by atoms with Gasteiger partial charge in [-0.2, -0.15) is 0 Å². The van der Waals surface area contributed by atoms with Gasteiger partial charge in [0.15, 0.2) is 11.5 Å². The fraction of sp³-hybridized carbons (Fsp3) is 0.571. The van der Waals surface area contributed by atoms with Gasteiger partial charge in [-0.15, -0.1) is 24.8 Å². The molecule has 0 radical (unpaired) electrons. The molecular weight excluding hydrogens is 299 g/mol. The molecule has 0 bridgehead atoms. The summed E-state index contributed by atoms with van der Waals surface area (Å²) in [5.41, 5.74) is 1.19. The van der Waals surface area contributed by atoms with E-state index in [0.29, 0.717) is 18.4 Å². The molecular formula is C14H24Cl2N2O2. The third-order valence-electron chi connectivity index (χ3n) is 3.47. The highest BCUT2D eigenvalue weighted by Crippen LogP contribution is 2.31. The summed E-state index contributed by atoms with van der Waals surface area (Å²) >= 11 is 0. The highest BCUT2D eigenvalue weighted by atomic mass is 35.5. The lowest BCUT2D eigenvalue weighted by Crippen LogP contribution is -2.44. The number of aromatic hydroxyl groups is 1. The molecule has 2 N–H and O–H groups in total. The van der Waals surface area contributed by atoms with Crippen molar-refractivity contribution in [2.24, 2.45) is 0 Å². The Kier molecular flexibility index (Phi) is 8.98. The van der Waals surface area contributed by atoms with Gasteiger partial charge in [0, 0.05) is 32.2 Å². The van der Waals surface area contributed by atoms with Crippen molar-refractivity contribution in [1.29, 1.82) is 0 Å². The van der Waals surface area contributed by atoms with Crippen molar-refractivity contribution in [2.75, 3.05) is 32.8 Å². The van der Waals surface area contributed by atoms with Gasteiger partial charge in [0.1, 0.15) is 0 Å².